The Morgan fingerprint density at radius 1 is 0.895 bits per heavy atom. The minimum absolute atomic E-state index is 0.0262. The second-order valence-corrected chi connectivity index (χ2v) is 9.11. The molecule has 0 bridgehead atoms. The Morgan fingerprint density at radius 3 is 2.16 bits per heavy atom. The van der Waals surface area contributed by atoms with Crippen LogP contribution >= 0.6 is 46.4 Å². The van der Waals surface area contributed by atoms with Gasteiger partial charge in [-0.05, 0) is 60.2 Å². The van der Waals surface area contributed by atoms with E-state index in [0.29, 0.717) is 10.7 Å². The van der Waals surface area contributed by atoms with Gasteiger partial charge in [0.15, 0.2) is 12.4 Å². The Hall–Kier alpha value is -3.42. The number of halogens is 7. The monoisotopic (exact) mass is 601 g/mol. The fraction of sp³-hybridized carbons (Fsp3) is 0.0800. The van der Waals surface area contributed by atoms with Crippen molar-refractivity contribution in [3.05, 3.63) is 91.4 Å². The fourth-order valence-corrected chi connectivity index (χ4v) is 3.91. The van der Waals surface area contributed by atoms with Gasteiger partial charge in [0.25, 0.3) is 11.8 Å². The summed E-state index contributed by atoms with van der Waals surface area (Å²) in [5.74, 6) is -1.52. The van der Waals surface area contributed by atoms with Crippen LogP contribution in [0.3, 0.4) is 0 Å². The van der Waals surface area contributed by atoms with Crippen molar-refractivity contribution in [2.24, 2.45) is 0 Å². The van der Waals surface area contributed by atoms with Crippen molar-refractivity contribution in [1.82, 2.24) is 0 Å². The average molecular weight is 603 g/mol. The van der Waals surface area contributed by atoms with E-state index in [-0.39, 0.29) is 32.1 Å². The summed E-state index contributed by atoms with van der Waals surface area (Å²) >= 11 is 24.2. The van der Waals surface area contributed by atoms with Gasteiger partial charge in [0, 0.05) is 11.4 Å². The first-order chi connectivity index (χ1) is 17.9. The summed E-state index contributed by atoms with van der Waals surface area (Å²) in [5, 5.41) is 14.7. The van der Waals surface area contributed by atoms with E-state index in [0.717, 1.165) is 24.3 Å². The second-order valence-electron chi connectivity index (χ2n) is 7.48. The van der Waals surface area contributed by atoms with E-state index in [1.54, 1.807) is 12.1 Å². The number of amides is 2. The summed E-state index contributed by atoms with van der Waals surface area (Å²) in [5.41, 5.74) is -0.923. The maximum absolute atomic E-state index is 12.9. The van der Waals surface area contributed by atoms with E-state index in [1.165, 1.54) is 30.3 Å². The standard InChI is InChI=1S/C25H14Cl4F3N3O3/c26-18-5-4-17(10-19(18)27)34-22(36)12-38-23-20(28)7-13(8-21(23)29)6-14(11-33)24(37)35-16-3-1-2-15(9-16)25(30,31)32/h1-10H,12H2,(H,34,36)(H,35,37)/b14-6+. The molecule has 0 heterocycles. The van der Waals surface area contributed by atoms with Crippen LogP contribution in [-0.2, 0) is 15.8 Å². The summed E-state index contributed by atoms with van der Waals surface area (Å²) in [6, 6.07) is 12.8. The molecule has 0 spiro atoms. The zero-order valence-electron chi connectivity index (χ0n) is 18.8. The molecule has 0 aromatic heterocycles. The SMILES string of the molecule is N#C/C(=C\c1cc(Cl)c(OCC(=O)Nc2ccc(Cl)c(Cl)c2)c(Cl)c1)C(=O)Nc1cccc(C(F)(F)F)c1. The van der Waals surface area contributed by atoms with Gasteiger partial charge >= 0.3 is 6.18 Å². The van der Waals surface area contributed by atoms with Crippen LogP contribution in [0, 0.1) is 11.3 Å². The van der Waals surface area contributed by atoms with E-state index in [1.807, 2.05) is 0 Å². The average Bonchev–Trinajstić information content (AvgIpc) is 2.84. The highest BCUT2D eigenvalue weighted by molar-refractivity contribution is 6.42. The third-order valence-electron chi connectivity index (χ3n) is 4.70. The molecule has 0 atom stereocenters. The van der Waals surface area contributed by atoms with Crippen LogP contribution in [0.15, 0.2) is 60.2 Å². The predicted molar refractivity (Wildman–Crippen MR) is 141 cm³/mol. The van der Waals surface area contributed by atoms with Gasteiger partial charge in [0.2, 0.25) is 0 Å². The molecule has 2 amide bonds. The van der Waals surface area contributed by atoms with Crippen molar-refractivity contribution in [3.8, 4) is 11.8 Å². The number of benzene rings is 3. The van der Waals surface area contributed by atoms with Gasteiger partial charge in [-0.15, -0.1) is 0 Å². The molecule has 196 valence electrons. The van der Waals surface area contributed by atoms with Crippen LogP contribution < -0.4 is 15.4 Å². The van der Waals surface area contributed by atoms with Crippen molar-refractivity contribution in [2.45, 2.75) is 6.18 Å². The first kappa shape index (κ1) is 29.1. The summed E-state index contributed by atoms with van der Waals surface area (Å²) < 4.78 is 44.1. The molecule has 38 heavy (non-hydrogen) atoms. The molecular weight excluding hydrogens is 589 g/mol. The second kappa shape index (κ2) is 12.4. The number of rotatable bonds is 7. The number of anilines is 2. The third kappa shape index (κ3) is 7.79. The molecule has 0 saturated heterocycles. The van der Waals surface area contributed by atoms with E-state index in [4.69, 9.17) is 51.1 Å². The molecule has 0 aliphatic rings. The number of carbonyl (C=O) groups is 2. The molecule has 6 nitrogen and oxygen atoms in total. The van der Waals surface area contributed by atoms with Crippen LogP contribution in [0.4, 0.5) is 24.5 Å². The Bertz CT molecular complexity index is 1450. The first-order valence-corrected chi connectivity index (χ1v) is 11.9. The topological polar surface area (TPSA) is 91.2 Å². The molecule has 0 aliphatic heterocycles. The Morgan fingerprint density at radius 2 is 1.55 bits per heavy atom. The Kier molecular flexibility index (Phi) is 9.52. The Balaban J connectivity index is 1.70. The molecule has 0 aliphatic carbocycles. The van der Waals surface area contributed by atoms with Crippen LogP contribution in [0.25, 0.3) is 6.08 Å². The summed E-state index contributed by atoms with van der Waals surface area (Å²) in [4.78, 5) is 24.7. The third-order valence-corrected chi connectivity index (χ3v) is 6.00. The molecule has 3 rings (SSSR count). The number of ether oxygens (including phenoxy) is 1. The lowest BCUT2D eigenvalue weighted by Gasteiger charge is -2.12. The molecule has 0 saturated carbocycles. The number of hydrogen-bond donors (Lipinski definition) is 2. The fourth-order valence-electron chi connectivity index (χ4n) is 3.00. The van der Waals surface area contributed by atoms with Crippen LogP contribution in [0.2, 0.25) is 20.1 Å². The van der Waals surface area contributed by atoms with Crippen LogP contribution in [0.1, 0.15) is 11.1 Å². The zero-order valence-corrected chi connectivity index (χ0v) is 21.8. The lowest BCUT2D eigenvalue weighted by atomic mass is 10.1. The van der Waals surface area contributed by atoms with Crippen LogP contribution in [-0.4, -0.2) is 18.4 Å². The van der Waals surface area contributed by atoms with E-state index < -0.39 is 35.7 Å². The number of nitriles is 1. The van der Waals surface area contributed by atoms with Crippen molar-refractivity contribution in [1.29, 1.82) is 5.26 Å². The highest BCUT2D eigenvalue weighted by atomic mass is 35.5. The number of carbonyl (C=O) groups excluding carboxylic acids is 2. The quantitative estimate of drug-likeness (QED) is 0.212. The zero-order chi connectivity index (χ0) is 28.0. The van der Waals surface area contributed by atoms with Crippen molar-refractivity contribution in [3.63, 3.8) is 0 Å². The molecule has 13 heteroatoms. The van der Waals surface area contributed by atoms with Crippen molar-refractivity contribution in [2.75, 3.05) is 17.2 Å². The van der Waals surface area contributed by atoms with Crippen molar-refractivity contribution >= 4 is 75.7 Å². The molecule has 3 aromatic carbocycles. The molecule has 0 unspecified atom stereocenters. The minimum atomic E-state index is -4.60. The predicted octanol–water partition coefficient (Wildman–Crippen LogP) is 7.88. The summed E-state index contributed by atoms with van der Waals surface area (Å²) in [7, 11) is 0. The van der Waals surface area contributed by atoms with Gasteiger partial charge in [-0.25, -0.2) is 0 Å². The largest absolute Gasteiger partial charge is 0.481 e. The van der Waals surface area contributed by atoms with Gasteiger partial charge < -0.3 is 15.4 Å². The number of nitrogens with zero attached hydrogens (tertiary/aromatic N) is 1. The van der Waals surface area contributed by atoms with Crippen LogP contribution in [0.5, 0.6) is 5.75 Å². The van der Waals surface area contributed by atoms with Gasteiger partial charge in [-0.1, -0.05) is 52.5 Å². The number of nitrogens with one attached hydrogen (secondary N) is 2. The molecular formula is C25H14Cl4F3N3O3. The Labute approximate surface area is 234 Å². The smallest absolute Gasteiger partial charge is 0.416 e. The maximum atomic E-state index is 12.9. The summed E-state index contributed by atoms with van der Waals surface area (Å²) in [6.45, 7) is -0.461. The van der Waals surface area contributed by atoms with Gasteiger partial charge in [-0.2, -0.15) is 18.4 Å². The molecule has 2 N–H and O–H groups in total. The highest BCUT2D eigenvalue weighted by Crippen LogP contribution is 2.35. The molecule has 0 radical (unpaired) electrons. The van der Waals surface area contributed by atoms with Gasteiger partial charge in [0.05, 0.1) is 25.7 Å². The minimum Gasteiger partial charge on any atom is -0.481 e. The van der Waals surface area contributed by atoms with E-state index in [2.05, 4.69) is 10.6 Å². The highest BCUT2D eigenvalue weighted by Gasteiger charge is 2.30. The number of hydrogen-bond acceptors (Lipinski definition) is 4. The normalized spacial score (nSPS) is 11.5. The molecule has 0 fully saturated rings. The molecule has 3 aromatic rings. The van der Waals surface area contributed by atoms with E-state index in [9.17, 15) is 28.0 Å². The number of alkyl halides is 3. The van der Waals surface area contributed by atoms with Gasteiger partial charge in [-0.3, -0.25) is 9.59 Å². The van der Waals surface area contributed by atoms with Gasteiger partial charge in [0.1, 0.15) is 11.6 Å². The lowest BCUT2D eigenvalue weighted by molar-refractivity contribution is -0.137. The maximum Gasteiger partial charge on any atom is 0.416 e. The van der Waals surface area contributed by atoms with Crippen molar-refractivity contribution < 1.29 is 27.5 Å². The first-order valence-electron chi connectivity index (χ1n) is 10.3. The van der Waals surface area contributed by atoms with E-state index >= 15 is 0 Å². The summed E-state index contributed by atoms with van der Waals surface area (Å²) in [6.07, 6.45) is -3.46. The lowest BCUT2D eigenvalue weighted by Crippen LogP contribution is -2.20.